The summed E-state index contributed by atoms with van der Waals surface area (Å²) in [6, 6.07) is 17.0. The van der Waals surface area contributed by atoms with E-state index in [0.717, 1.165) is 11.5 Å². The maximum absolute atomic E-state index is 5.26. The van der Waals surface area contributed by atoms with E-state index in [1.54, 1.807) is 14.2 Å². The molecule has 2 aromatic carbocycles. The molecule has 0 spiro atoms. The zero-order valence-electron chi connectivity index (χ0n) is 13.0. The second kappa shape index (κ2) is 8.05. The molecule has 0 fully saturated rings. The predicted molar refractivity (Wildman–Crippen MR) is 92.0 cm³/mol. The molecule has 0 saturated heterocycles. The highest BCUT2D eigenvalue weighted by atomic mass is 31.1. The molecule has 112 valence electrons. The van der Waals surface area contributed by atoms with Gasteiger partial charge in [-0.3, -0.25) is 0 Å². The van der Waals surface area contributed by atoms with Crippen LogP contribution in [0, 0.1) is 0 Å². The monoisotopic (exact) mass is 302 g/mol. The highest BCUT2D eigenvalue weighted by Gasteiger charge is 2.13. The third-order valence-corrected chi connectivity index (χ3v) is 6.11. The summed E-state index contributed by atoms with van der Waals surface area (Å²) in [6.45, 7) is 2.25. The van der Waals surface area contributed by atoms with E-state index in [2.05, 4.69) is 55.5 Å². The lowest BCUT2D eigenvalue weighted by atomic mass is 10.3. The molecule has 0 aliphatic carbocycles. The highest BCUT2D eigenvalue weighted by Crippen LogP contribution is 2.35. The molecular weight excluding hydrogens is 279 g/mol. The van der Waals surface area contributed by atoms with Crippen molar-refractivity contribution in [2.45, 2.75) is 19.8 Å². The molecule has 0 aliphatic heterocycles. The number of hydrogen-bond donors (Lipinski definition) is 0. The van der Waals surface area contributed by atoms with Crippen LogP contribution in [0.2, 0.25) is 0 Å². The van der Waals surface area contributed by atoms with Crippen molar-refractivity contribution in [3.63, 3.8) is 0 Å². The maximum Gasteiger partial charge on any atom is 0.118 e. The average molecular weight is 302 g/mol. The van der Waals surface area contributed by atoms with Crippen molar-refractivity contribution in [2.24, 2.45) is 0 Å². The van der Waals surface area contributed by atoms with E-state index < -0.39 is 0 Å². The largest absolute Gasteiger partial charge is 0.497 e. The molecule has 2 aromatic rings. The minimum absolute atomic E-state index is 0.303. The van der Waals surface area contributed by atoms with Crippen molar-refractivity contribution in [3.05, 3.63) is 48.5 Å². The summed E-state index contributed by atoms with van der Waals surface area (Å²) in [5.74, 6) is 1.83. The van der Waals surface area contributed by atoms with Crippen LogP contribution in [0.5, 0.6) is 11.5 Å². The first-order valence-electron chi connectivity index (χ1n) is 7.34. The molecule has 0 N–H and O–H groups in total. The van der Waals surface area contributed by atoms with Gasteiger partial charge in [0.1, 0.15) is 11.5 Å². The van der Waals surface area contributed by atoms with Gasteiger partial charge in [-0.15, -0.1) is 0 Å². The minimum atomic E-state index is -0.303. The standard InChI is InChI=1S/C18H23O2P/c1-4-5-14-21(17-10-6-15(19-2)7-11-17)18-12-8-16(20-3)9-13-18/h6-13H,4-5,14H2,1-3H3. The van der Waals surface area contributed by atoms with Gasteiger partial charge in [0.2, 0.25) is 0 Å². The quantitative estimate of drug-likeness (QED) is 0.721. The molecule has 0 atom stereocenters. The third-order valence-electron chi connectivity index (χ3n) is 3.50. The summed E-state index contributed by atoms with van der Waals surface area (Å²) in [5.41, 5.74) is 0. The fourth-order valence-electron chi connectivity index (χ4n) is 2.25. The van der Waals surface area contributed by atoms with Crippen LogP contribution in [-0.4, -0.2) is 20.4 Å². The summed E-state index contributed by atoms with van der Waals surface area (Å²) < 4.78 is 10.5. The minimum Gasteiger partial charge on any atom is -0.497 e. The maximum atomic E-state index is 5.26. The lowest BCUT2D eigenvalue weighted by Crippen LogP contribution is -2.14. The van der Waals surface area contributed by atoms with Crippen molar-refractivity contribution in [1.82, 2.24) is 0 Å². The van der Waals surface area contributed by atoms with Gasteiger partial charge in [-0.2, -0.15) is 0 Å². The number of rotatable bonds is 7. The molecule has 21 heavy (non-hydrogen) atoms. The van der Waals surface area contributed by atoms with Crippen molar-refractivity contribution in [1.29, 1.82) is 0 Å². The van der Waals surface area contributed by atoms with Gasteiger partial charge in [-0.1, -0.05) is 37.6 Å². The van der Waals surface area contributed by atoms with Crippen LogP contribution in [0.25, 0.3) is 0 Å². The Bertz CT molecular complexity index is 487. The van der Waals surface area contributed by atoms with Crippen LogP contribution in [0.4, 0.5) is 0 Å². The van der Waals surface area contributed by atoms with E-state index in [1.165, 1.54) is 29.6 Å². The van der Waals surface area contributed by atoms with Gasteiger partial charge in [-0.05, 0) is 55.4 Å². The molecule has 2 rings (SSSR count). The Labute approximate surface area is 128 Å². The molecule has 3 heteroatoms. The molecule has 2 nitrogen and oxygen atoms in total. The Balaban J connectivity index is 2.26. The highest BCUT2D eigenvalue weighted by molar-refractivity contribution is 7.73. The summed E-state index contributed by atoms with van der Waals surface area (Å²) in [7, 11) is 3.11. The molecule has 0 aliphatic rings. The number of methoxy groups -OCH3 is 2. The van der Waals surface area contributed by atoms with Gasteiger partial charge < -0.3 is 9.47 Å². The smallest absolute Gasteiger partial charge is 0.118 e. The number of unbranched alkanes of at least 4 members (excludes halogenated alkanes) is 1. The van der Waals surface area contributed by atoms with Crippen LogP contribution in [0.1, 0.15) is 19.8 Å². The Morgan fingerprint density at radius 2 is 1.19 bits per heavy atom. The van der Waals surface area contributed by atoms with E-state index in [0.29, 0.717) is 0 Å². The zero-order valence-corrected chi connectivity index (χ0v) is 13.9. The Morgan fingerprint density at radius 1 is 0.762 bits per heavy atom. The van der Waals surface area contributed by atoms with Crippen LogP contribution in [0.3, 0.4) is 0 Å². The molecule has 0 heterocycles. The molecule has 0 aromatic heterocycles. The van der Waals surface area contributed by atoms with Crippen LogP contribution in [0.15, 0.2) is 48.5 Å². The van der Waals surface area contributed by atoms with Crippen molar-refractivity contribution in [2.75, 3.05) is 20.4 Å². The van der Waals surface area contributed by atoms with Gasteiger partial charge in [0, 0.05) is 0 Å². The Hall–Kier alpha value is -1.53. The van der Waals surface area contributed by atoms with E-state index in [-0.39, 0.29) is 7.92 Å². The van der Waals surface area contributed by atoms with Crippen molar-refractivity contribution < 1.29 is 9.47 Å². The fourth-order valence-corrected chi connectivity index (χ4v) is 4.71. The summed E-state index contributed by atoms with van der Waals surface area (Å²) >= 11 is 0. The SMILES string of the molecule is CCCCP(c1ccc(OC)cc1)c1ccc(OC)cc1. The van der Waals surface area contributed by atoms with E-state index >= 15 is 0 Å². The van der Waals surface area contributed by atoms with E-state index in [4.69, 9.17) is 9.47 Å². The summed E-state index contributed by atoms with van der Waals surface area (Å²) in [5, 5.41) is 2.81. The molecule has 0 amide bonds. The third kappa shape index (κ3) is 4.22. The van der Waals surface area contributed by atoms with Crippen molar-refractivity contribution >= 4 is 18.5 Å². The lowest BCUT2D eigenvalue weighted by molar-refractivity contribution is 0.415. The van der Waals surface area contributed by atoms with Gasteiger partial charge in [-0.25, -0.2) is 0 Å². The van der Waals surface area contributed by atoms with Crippen LogP contribution in [-0.2, 0) is 0 Å². The first-order valence-corrected chi connectivity index (χ1v) is 8.86. The summed E-state index contributed by atoms with van der Waals surface area (Å²) in [6.07, 6.45) is 3.71. The topological polar surface area (TPSA) is 18.5 Å². The summed E-state index contributed by atoms with van der Waals surface area (Å²) in [4.78, 5) is 0. The average Bonchev–Trinajstić information content (AvgIpc) is 2.56. The second-order valence-corrected chi connectivity index (χ2v) is 7.24. The number of ether oxygens (including phenoxy) is 2. The molecule has 0 saturated carbocycles. The lowest BCUT2D eigenvalue weighted by Gasteiger charge is -2.19. The first-order chi connectivity index (χ1) is 10.3. The zero-order chi connectivity index (χ0) is 15.1. The van der Waals surface area contributed by atoms with Crippen molar-refractivity contribution in [3.8, 4) is 11.5 Å². The Morgan fingerprint density at radius 3 is 1.52 bits per heavy atom. The second-order valence-electron chi connectivity index (χ2n) is 4.90. The van der Waals surface area contributed by atoms with E-state index in [9.17, 15) is 0 Å². The molecular formula is C18H23O2P. The van der Waals surface area contributed by atoms with Gasteiger partial charge in [0.25, 0.3) is 0 Å². The predicted octanol–water partition coefficient (Wildman–Crippen LogP) is 3.94. The fraction of sp³-hybridized carbons (Fsp3) is 0.333. The van der Waals surface area contributed by atoms with Crippen LogP contribution >= 0.6 is 7.92 Å². The molecule has 0 unspecified atom stereocenters. The number of hydrogen-bond acceptors (Lipinski definition) is 2. The molecule has 0 radical (unpaired) electrons. The van der Waals surface area contributed by atoms with Gasteiger partial charge in [0.05, 0.1) is 14.2 Å². The van der Waals surface area contributed by atoms with Gasteiger partial charge in [0.15, 0.2) is 0 Å². The Kier molecular flexibility index (Phi) is 6.07. The van der Waals surface area contributed by atoms with Gasteiger partial charge >= 0.3 is 0 Å². The normalized spacial score (nSPS) is 10.7. The first kappa shape index (κ1) is 15.9. The number of benzene rings is 2. The molecule has 0 bridgehead atoms. The van der Waals surface area contributed by atoms with Crippen LogP contribution < -0.4 is 20.1 Å². The van der Waals surface area contributed by atoms with E-state index in [1.807, 2.05) is 0 Å².